The summed E-state index contributed by atoms with van der Waals surface area (Å²) in [6, 6.07) is 17.8. The van der Waals surface area contributed by atoms with Crippen LogP contribution in [0.4, 0.5) is 5.69 Å². The van der Waals surface area contributed by atoms with Crippen molar-refractivity contribution in [2.45, 2.75) is 6.54 Å². The second kappa shape index (κ2) is 4.51. The van der Waals surface area contributed by atoms with Crippen molar-refractivity contribution in [3.8, 4) is 6.07 Å². The van der Waals surface area contributed by atoms with Crippen molar-refractivity contribution in [1.29, 1.82) is 5.26 Å². The average Bonchev–Trinajstić information content (AvgIpc) is 2.81. The maximum Gasteiger partial charge on any atom is 0.0991 e. The summed E-state index contributed by atoms with van der Waals surface area (Å²) in [5, 5.41) is 9.98. The molecule has 1 heterocycles. The molecule has 0 atom stereocenters. The number of benzene rings is 2. The van der Waals surface area contributed by atoms with Crippen LogP contribution < -0.4 is 5.73 Å². The molecule has 92 valence electrons. The Morgan fingerprint density at radius 1 is 1.11 bits per heavy atom. The number of nitriles is 1. The van der Waals surface area contributed by atoms with Gasteiger partial charge in [-0.2, -0.15) is 5.26 Å². The van der Waals surface area contributed by atoms with E-state index in [0.717, 1.165) is 23.1 Å². The van der Waals surface area contributed by atoms with Crippen molar-refractivity contribution in [2.75, 3.05) is 5.73 Å². The monoisotopic (exact) mass is 247 g/mol. The van der Waals surface area contributed by atoms with E-state index >= 15 is 0 Å². The summed E-state index contributed by atoms with van der Waals surface area (Å²) in [6.07, 6.45) is 2.04. The number of aromatic nitrogens is 1. The molecule has 0 unspecified atom stereocenters. The van der Waals surface area contributed by atoms with Crippen LogP contribution in [0.1, 0.15) is 11.1 Å². The fourth-order valence-electron chi connectivity index (χ4n) is 2.30. The summed E-state index contributed by atoms with van der Waals surface area (Å²) in [5.41, 5.74) is 9.56. The summed E-state index contributed by atoms with van der Waals surface area (Å²) in [5.74, 6) is 0. The van der Waals surface area contributed by atoms with Gasteiger partial charge in [0.15, 0.2) is 0 Å². The Balaban J connectivity index is 2.00. The van der Waals surface area contributed by atoms with Gasteiger partial charge in [-0.15, -0.1) is 0 Å². The van der Waals surface area contributed by atoms with Crippen molar-refractivity contribution in [1.82, 2.24) is 4.57 Å². The highest BCUT2D eigenvalue weighted by Crippen LogP contribution is 2.19. The van der Waals surface area contributed by atoms with Crippen molar-refractivity contribution in [3.63, 3.8) is 0 Å². The second-order valence-corrected chi connectivity index (χ2v) is 4.57. The number of fused-ring (bicyclic) bond motifs is 1. The van der Waals surface area contributed by atoms with E-state index in [4.69, 9.17) is 11.0 Å². The lowest BCUT2D eigenvalue weighted by molar-refractivity contribution is 0.837. The normalized spacial score (nSPS) is 10.5. The predicted octanol–water partition coefficient (Wildman–Crippen LogP) is 3.14. The van der Waals surface area contributed by atoms with Gasteiger partial charge in [0.1, 0.15) is 0 Å². The Morgan fingerprint density at radius 2 is 2.00 bits per heavy atom. The van der Waals surface area contributed by atoms with Crippen LogP contribution in [0.15, 0.2) is 54.7 Å². The highest BCUT2D eigenvalue weighted by Gasteiger charge is 2.03. The van der Waals surface area contributed by atoms with Gasteiger partial charge in [0.05, 0.1) is 11.6 Å². The minimum absolute atomic E-state index is 0.689. The molecule has 3 nitrogen and oxygen atoms in total. The van der Waals surface area contributed by atoms with E-state index in [-0.39, 0.29) is 0 Å². The standard InChI is InChI=1S/C16H13N3/c17-10-12-4-5-16-14(8-12)6-7-19(16)11-13-2-1-3-15(18)9-13/h1-9H,11,18H2. The number of nitrogens with zero attached hydrogens (tertiary/aromatic N) is 2. The Morgan fingerprint density at radius 3 is 2.79 bits per heavy atom. The molecule has 0 fully saturated rings. The van der Waals surface area contributed by atoms with E-state index in [1.165, 1.54) is 5.56 Å². The minimum atomic E-state index is 0.689. The molecule has 3 heteroatoms. The number of nitrogens with two attached hydrogens (primary N) is 1. The molecule has 2 aromatic carbocycles. The van der Waals surface area contributed by atoms with E-state index < -0.39 is 0 Å². The predicted molar refractivity (Wildman–Crippen MR) is 76.6 cm³/mol. The first-order chi connectivity index (χ1) is 9.26. The summed E-state index contributed by atoms with van der Waals surface area (Å²) < 4.78 is 2.16. The third-order valence-corrected chi connectivity index (χ3v) is 3.20. The van der Waals surface area contributed by atoms with Gasteiger partial charge < -0.3 is 10.3 Å². The molecule has 0 aliphatic heterocycles. The lowest BCUT2D eigenvalue weighted by Gasteiger charge is -2.06. The van der Waals surface area contributed by atoms with Gasteiger partial charge in [0.25, 0.3) is 0 Å². The Bertz CT molecular complexity index is 778. The quantitative estimate of drug-likeness (QED) is 0.707. The van der Waals surface area contributed by atoms with Crippen LogP contribution in [0.2, 0.25) is 0 Å². The first-order valence-electron chi connectivity index (χ1n) is 6.10. The SMILES string of the molecule is N#Cc1ccc2c(ccn2Cc2cccc(N)c2)c1. The largest absolute Gasteiger partial charge is 0.399 e. The molecular formula is C16H13N3. The number of anilines is 1. The van der Waals surface area contributed by atoms with Gasteiger partial charge in [-0.1, -0.05) is 12.1 Å². The van der Waals surface area contributed by atoms with E-state index in [1.807, 2.05) is 48.7 Å². The Labute approximate surface area is 111 Å². The highest BCUT2D eigenvalue weighted by atomic mass is 14.9. The third-order valence-electron chi connectivity index (χ3n) is 3.20. The smallest absolute Gasteiger partial charge is 0.0991 e. The maximum absolute atomic E-state index is 8.90. The molecule has 2 N–H and O–H groups in total. The average molecular weight is 247 g/mol. The zero-order chi connectivity index (χ0) is 13.2. The maximum atomic E-state index is 8.90. The molecule has 0 aliphatic rings. The molecule has 0 aliphatic carbocycles. The molecule has 3 rings (SSSR count). The first kappa shape index (κ1) is 11.4. The minimum Gasteiger partial charge on any atom is -0.399 e. The summed E-state index contributed by atoms with van der Waals surface area (Å²) in [4.78, 5) is 0. The van der Waals surface area contributed by atoms with Crippen LogP contribution in [-0.2, 0) is 6.54 Å². The topological polar surface area (TPSA) is 54.7 Å². The van der Waals surface area contributed by atoms with Crippen molar-refractivity contribution in [3.05, 3.63) is 65.9 Å². The van der Waals surface area contributed by atoms with Gasteiger partial charge >= 0.3 is 0 Å². The molecular weight excluding hydrogens is 234 g/mol. The molecule has 0 radical (unpaired) electrons. The third kappa shape index (κ3) is 2.16. The lowest BCUT2D eigenvalue weighted by atomic mass is 10.1. The van der Waals surface area contributed by atoms with Gasteiger partial charge in [0.2, 0.25) is 0 Å². The molecule has 0 spiro atoms. The number of hydrogen-bond donors (Lipinski definition) is 1. The van der Waals surface area contributed by atoms with Crippen LogP contribution >= 0.6 is 0 Å². The van der Waals surface area contributed by atoms with Crippen LogP contribution in [-0.4, -0.2) is 4.57 Å². The number of nitrogen functional groups attached to an aromatic ring is 1. The van der Waals surface area contributed by atoms with Gasteiger partial charge in [-0.3, -0.25) is 0 Å². The van der Waals surface area contributed by atoms with E-state index in [2.05, 4.69) is 16.7 Å². The van der Waals surface area contributed by atoms with E-state index in [0.29, 0.717) is 5.56 Å². The Hall–Kier alpha value is -2.73. The van der Waals surface area contributed by atoms with Crippen molar-refractivity contribution < 1.29 is 0 Å². The summed E-state index contributed by atoms with van der Waals surface area (Å²) >= 11 is 0. The Kier molecular flexibility index (Phi) is 2.70. The fourth-order valence-corrected chi connectivity index (χ4v) is 2.30. The summed E-state index contributed by atoms with van der Waals surface area (Å²) in [6.45, 7) is 0.778. The second-order valence-electron chi connectivity index (χ2n) is 4.57. The molecule has 3 aromatic rings. The van der Waals surface area contributed by atoms with E-state index in [9.17, 15) is 0 Å². The number of hydrogen-bond acceptors (Lipinski definition) is 2. The fraction of sp³-hybridized carbons (Fsp3) is 0.0625. The van der Waals surface area contributed by atoms with Gasteiger partial charge in [-0.25, -0.2) is 0 Å². The molecule has 0 amide bonds. The first-order valence-corrected chi connectivity index (χ1v) is 6.10. The molecule has 0 bridgehead atoms. The van der Waals surface area contributed by atoms with Crippen LogP contribution in [0, 0.1) is 11.3 Å². The zero-order valence-corrected chi connectivity index (χ0v) is 10.4. The van der Waals surface area contributed by atoms with Crippen molar-refractivity contribution in [2.24, 2.45) is 0 Å². The zero-order valence-electron chi connectivity index (χ0n) is 10.4. The highest BCUT2D eigenvalue weighted by molar-refractivity contribution is 5.81. The molecule has 19 heavy (non-hydrogen) atoms. The lowest BCUT2D eigenvalue weighted by Crippen LogP contribution is -1.98. The van der Waals surface area contributed by atoms with Crippen LogP contribution in [0.25, 0.3) is 10.9 Å². The molecule has 0 saturated carbocycles. The van der Waals surface area contributed by atoms with E-state index in [1.54, 1.807) is 0 Å². The van der Waals surface area contributed by atoms with Gasteiger partial charge in [-0.05, 0) is 42.0 Å². The summed E-state index contributed by atoms with van der Waals surface area (Å²) in [7, 11) is 0. The molecule has 0 saturated heterocycles. The molecule has 1 aromatic heterocycles. The number of rotatable bonds is 2. The van der Waals surface area contributed by atoms with Crippen molar-refractivity contribution >= 4 is 16.6 Å². The van der Waals surface area contributed by atoms with Crippen LogP contribution in [0.5, 0.6) is 0 Å². The van der Waals surface area contributed by atoms with Gasteiger partial charge in [0, 0.05) is 29.3 Å². The van der Waals surface area contributed by atoms with Crippen LogP contribution in [0.3, 0.4) is 0 Å².